The van der Waals surface area contributed by atoms with Crippen molar-refractivity contribution in [2.75, 3.05) is 14.2 Å². The van der Waals surface area contributed by atoms with Gasteiger partial charge in [-0.25, -0.2) is 0 Å². The van der Waals surface area contributed by atoms with Gasteiger partial charge in [-0.2, -0.15) is 0 Å². The topological polar surface area (TPSA) is 58.9 Å². The third-order valence-corrected chi connectivity index (χ3v) is 8.08. The van der Waals surface area contributed by atoms with Crippen molar-refractivity contribution < 1.29 is 19.7 Å². The summed E-state index contributed by atoms with van der Waals surface area (Å²) in [5, 5.41) is 25.0. The first-order valence-corrected chi connectivity index (χ1v) is 15.0. The maximum absolute atomic E-state index is 12.5. The Bertz CT molecular complexity index is 2020. The van der Waals surface area contributed by atoms with Gasteiger partial charge in [-0.15, -0.1) is 0 Å². The molecular weight excluding hydrogens is 580 g/mol. The van der Waals surface area contributed by atoms with Crippen molar-refractivity contribution in [1.82, 2.24) is 0 Å². The molecule has 0 spiro atoms. The minimum absolute atomic E-state index is 0.318. The lowest BCUT2D eigenvalue weighted by molar-refractivity contribution is -0.339. The van der Waals surface area contributed by atoms with E-state index in [9.17, 15) is 10.2 Å². The lowest BCUT2D eigenvalue weighted by atomic mass is 9.85. The Morgan fingerprint density at radius 1 is 0.404 bits per heavy atom. The van der Waals surface area contributed by atoms with Gasteiger partial charge in [0.1, 0.15) is 0 Å². The van der Waals surface area contributed by atoms with Gasteiger partial charge in [-0.3, -0.25) is 0 Å². The minimum atomic E-state index is -2.14. The van der Waals surface area contributed by atoms with Crippen molar-refractivity contribution in [2.24, 2.45) is 0 Å². The average molecular weight is 611 g/mol. The Hall–Kier alpha value is -5.82. The van der Waals surface area contributed by atoms with Gasteiger partial charge in [-0.1, -0.05) is 132 Å². The van der Waals surface area contributed by atoms with Gasteiger partial charge in [0.25, 0.3) is 5.79 Å². The average Bonchev–Trinajstić information content (AvgIpc) is 3.29. The fourth-order valence-corrected chi connectivity index (χ4v) is 5.74. The van der Waals surface area contributed by atoms with Crippen molar-refractivity contribution >= 4 is 0 Å². The van der Waals surface area contributed by atoms with E-state index >= 15 is 0 Å². The number of fused-ring (bicyclic) bond motifs is 1. The van der Waals surface area contributed by atoms with E-state index in [2.05, 4.69) is 47.4 Å². The Kier molecular flexibility index (Phi) is 8.80. The van der Waals surface area contributed by atoms with Crippen LogP contribution in [0.1, 0.15) is 44.5 Å². The summed E-state index contributed by atoms with van der Waals surface area (Å²) < 4.78 is 11.9. The molecule has 6 rings (SSSR count). The second kappa shape index (κ2) is 13.3. The molecule has 226 valence electrons. The molecule has 0 aromatic heterocycles. The van der Waals surface area contributed by atoms with E-state index in [-0.39, 0.29) is 0 Å². The predicted molar refractivity (Wildman–Crippen MR) is 182 cm³/mol. The molecule has 0 aliphatic heterocycles. The molecule has 0 fully saturated rings. The predicted octanol–water partition coefficient (Wildman–Crippen LogP) is 5.97. The summed E-state index contributed by atoms with van der Waals surface area (Å²) >= 11 is 0. The maximum atomic E-state index is 12.5. The van der Waals surface area contributed by atoms with Crippen LogP contribution in [-0.4, -0.2) is 30.2 Å². The van der Waals surface area contributed by atoms with E-state index in [4.69, 9.17) is 9.47 Å². The van der Waals surface area contributed by atoms with E-state index in [1.165, 1.54) is 14.2 Å². The quantitative estimate of drug-likeness (QED) is 0.191. The van der Waals surface area contributed by atoms with E-state index < -0.39 is 17.0 Å². The molecule has 0 heterocycles. The van der Waals surface area contributed by atoms with Gasteiger partial charge in [0.2, 0.25) is 11.2 Å². The standard InChI is InChI=1S/C43H30O4/c1-46-43(47-2)41(44,31-29-37-21-11-9-19-35(37)27-25-33-15-5-3-6-16-33)39-23-13-14-24-40(39)42(43,45)32-30-38-22-12-10-20-36(38)28-26-34-17-7-4-8-18-34/h3-24,44-45H,1-2H3/t41-,42-/m1/s1. The highest BCUT2D eigenvalue weighted by Crippen LogP contribution is 2.56. The number of hydrogen-bond donors (Lipinski definition) is 2. The van der Waals surface area contributed by atoms with Crippen molar-refractivity contribution in [2.45, 2.75) is 17.0 Å². The van der Waals surface area contributed by atoms with Gasteiger partial charge in [0.05, 0.1) is 0 Å². The molecule has 0 radical (unpaired) electrons. The largest absolute Gasteiger partial charge is 0.369 e. The normalized spacial score (nSPS) is 18.5. The highest BCUT2D eigenvalue weighted by Gasteiger charge is 2.72. The van der Waals surface area contributed by atoms with Crippen molar-refractivity contribution in [3.8, 4) is 47.4 Å². The number of rotatable bonds is 2. The summed E-state index contributed by atoms with van der Waals surface area (Å²) in [4.78, 5) is 0. The monoisotopic (exact) mass is 610 g/mol. The lowest BCUT2D eigenvalue weighted by Crippen LogP contribution is -2.61. The molecule has 5 aromatic carbocycles. The van der Waals surface area contributed by atoms with Gasteiger partial charge >= 0.3 is 0 Å². The molecular formula is C43H30O4. The van der Waals surface area contributed by atoms with E-state index in [0.717, 1.165) is 11.1 Å². The van der Waals surface area contributed by atoms with Crippen LogP contribution in [0.25, 0.3) is 0 Å². The van der Waals surface area contributed by atoms with Crippen LogP contribution in [0.5, 0.6) is 0 Å². The number of methoxy groups -OCH3 is 2. The number of ether oxygens (including phenoxy) is 2. The molecule has 0 amide bonds. The second-order valence-corrected chi connectivity index (χ2v) is 10.8. The van der Waals surface area contributed by atoms with E-state index in [1.54, 1.807) is 24.3 Å². The van der Waals surface area contributed by atoms with Crippen LogP contribution >= 0.6 is 0 Å². The Balaban J connectivity index is 1.46. The minimum Gasteiger partial charge on any atom is -0.369 e. The Labute approximate surface area is 275 Å². The van der Waals surface area contributed by atoms with Gasteiger partial charge in [-0.05, 0) is 48.5 Å². The Morgan fingerprint density at radius 3 is 1.09 bits per heavy atom. The zero-order chi connectivity index (χ0) is 32.7. The smallest absolute Gasteiger partial charge is 0.259 e. The van der Waals surface area contributed by atoms with E-state index in [1.807, 2.05) is 109 Å². The molecule has 5 aromatic rings. The van der Waals surface area contributed by atoms with Gasteiger partial charge in [0, 0.05) is 58.7 Å². The summed E-state index contributed by atoms with van der Waals surface area (Å²) in [6.07, 6.45) is 0. The Morgan fingerprint density at radius 2 is 0.723 bits per heavy atom. The highest BCUT2D eigenvalue weighted by atomic mass is 16.7. The molecule has 47 heavy (non-hydrogen) atoms. The second-order valence-electron chi connectivity index (χ2n) is 10.8. The van der Waals surface area contributed by atoms with Crippen LogP contribution in [-0.2, 0) is 20.7 Å². The zero-order valence-corrected chi connectivity index (χ0v) is 25.9. The van der Waals surface area contributed by atoms with E-state index in [0.29, 0.717) is 33.4 Å². The fourth-order valence-electron chi connectivity index (χ4n) is 5.74. The zero-order valence-electron chi connectivity index (χ0n) is 25.9. The molecule has 4 heteroatoms. The summed E-state index contributed by atoms with van der Waals surface area (Å²) in [6, 6.07) is 41.1. The summed E-state index contributed by atoms with van der Waals surface area (Å²) in [6.45, 7) is 0. The first-order chi connectivity index (χ1) is 22.9. The van der Waals surface area contributed by atoms with Gasteiger partial charge in [0.15, 0.2) is 0 Å². The molecule has 1 aliphatic rings. The molecule has 2 N–H and O–H groups in total. The fraction of sp³-hybridized carbons (Fsp3) is 0.116. The molecule has 1 aliphatic carbocycles. The highest BCUT2D eigenvalue weighted by molar-refractivity contribution is 5.61. The summed E-state index contributed by atoms with van der Waals surface area (Å²) in [7, 11) is 2.71. The first kappa shape index (κ1) is 31.2. The van der Waals surface area contributed by atoms with Crippen molar-refractivity contribution in [3.05, 3.63) is 178 Å². The molecule has 0 saturated heterocycles. The third-order valence-electron chi connectivity index (χ3n) is 8.08. The third kappa shape index (κ3) is 5.72. The van der Waals surface area contributed by atoms with Crippen LogP contribution in [0.2, 0.25) is 0 Å². The molecule has 2 atom stereocenters. The van der Waals surface area contributed by atoms with Gasteiger partial charge < -0.3 is 19.7 Å². The van der Waals surface area contributed by atoms with Crippen molar-refractivity contribution in [1.29, 1.82) is 0 Å². The maximum Gasteiger partial charge on any atom is 0.259 e. The summed E-state index contributed by atoms with van der Waals surface area (Å²) in [5.74, 6) is 22.8. The van der Waals surface area contributed by atoms with Crippen LogP contribution in [0.4, 0.5) is 0 Å². The molecule has 0 bridgehead atoms. The number of aliphatic hydroxyl groups is 2. The number of hydrogen-bond acceptors (Lipinski definition) is 4. The SMILES string of the molecule is COC1(OC)[C@@](O)(C#Cc2ccccc2C#Cc2ccccc2)c2ccccc2[C@]1(O)C#Cc1ccccc1C#Cc1ccccc1. The molecule has 0 saturated carbocycles. The van der Waals surface area contributed by atoms with Crippen LogP contribution < -0.4 is 0 Å². The molecule has 4 nitrogen and oxygen atoms in total. The van der Waals surface area contributed by atoms with Crippen molar-refractivity contribution in [3.63, 3.8) is 0 Å². The van der Waals surface area contributed by atoms with Crippen LogP contribution in [0.3, 0.4) is 0 Å². The van der Waals surface area contributed by atoms with Crippen LogP contribution in [0.15, 0.2) is 133 Å². The van der Waals surface area contributed by atoms with Crippen LogP contribution in [0, 0.1) is 47.4 Å². The lowest BCUT2D eigenvalue weighted by Gasteiger charge is -2.42. The summed E-state index contributed by atoms with van der Waals surface area (Å²) in [5.41, 5.74) is 0.652. The molecule has 0 unspecified atom stereocenters. The first-order valence-electron chi connectivity index (χ1n) is 15.0. The number of benzene rings is 5.